The first-order chi connectivity index (χ1) is 9.61. The van der Waals surface area contributed by atoms with Crippen molar-refractivity contribution in [1.29, 1.82) is 5.26 Å². The number of carbonyl (C=O) groups excluding carboxylic acids is 1. The van der Waals surface area contributed by atoms with Crippen LogP contribution in [0.4, 0.5) is 0 Å². The van der Waals surface area contributed by atoms with Crippen LogP contribution in [0.5, 0.6) is 0 Å². The van der Waals surface area contributed by atoms with E-state index in [0.717, 1.165) is 31.5 Å². The third kappa shape index (κ3) is 3.37. The van der Waals surface area contributed by atoms with Crippen molar-refractivity contribution in [2.45, 2.75) is 25.3 Å². The molecule has 2 rings (SSSR count). The van der Waals surface area contributed by atoms with Crippen LogP contribution in [0.15, 0.2) is 24.3 Å². The molecule has 0 radical (unpaired) electrons. The molecule has 1 fully saturated rings. The molecule has 0 aliphatic carbocycles. The molecule has 0 N–H and O–H groups in total. The molecule has 1 aliphatic heterocycles. The number of hydrogen-bond acceptors (Lipinski definition) is 3. The Morgan fingerprint density at radius 1 is 1.35 bits per heavy atom. The van der Waals surface area contributed by atoms with Gasteiger partial charge in [0, 0.05) is 18.7 Å². The van der Waals surface area contributed by atoms with Gasteiger partial charge in [-0.15, -0.1) is 0 Å². The normalized spacial score (nSPS) is 16.6. The first-order valence-electron chi connectivity index (χ1n) is 7.03. The number of nitriles is 1. The maximum atomic E-state index is 12.4. The summed E-state index contributed by atoms with van der Waals surface area (Å²) >= 11 is 0. The summed E-state index contributed by atoms with van der Waals surface area (Å²) < 4.78 is 0. The lowest BCUT2D eigenvalue weighted by molar-refractivity contribution is 0.0659. The highest BCUT2D eigenvalue weighted by Gasteiger charge is 2.24. The number of nitrogens with zero attached hydrogens (tertiary/aromatic N) is 3. The first kappa shape index (κ1) is 14.5. The summed E-state index contributed by atoms with van der Waals surface area (Å²) in [4.78, 5) is 16.6. The van der Waals surface area contributed by atoms with E-state index in [0.29, 0.717) is 18.0 Å². The Bertz CT molecular complexity index is 495. The summed E-state index contributed by atoms with van der Waals surface area (Å²) in [5.74, 6) is 0.0723. The summed E-state index contributed by atoms with van der Waals surface area (Å²) in [6.07, 6.45) is 2.45. The molecule has 0 spiro atoms. The number of rotatable bonds is 3. The molecule has 1 saturated heterocycles. The second-order valence-electron chi connectivity index (χ2n) is 5.48. The molecule has 1 heterocycles. The van der Waals surface area contributed by atoms with Crippen LogP contribution in [-0.4, -0.2) is 48.9 Å². The molecule has 0 atom stereocenters. The van der Waals surface area contributed by atoms with Gasteiger partial charge in [-0.25, -0.2) is 0 Å². The zero-order chi connectivity index (χ0) is 14.5. The van der Waals surface area contributed by atoms with Gasteiger partial charge < -0.3 is 9.80 Å². The van der Waals surface area contributed by atoms with Crippen molar-refractivity contribution in [3.63, 3.8) is 0 Å². The molecule has 106 valence electrons. The standard InChI is InChI=1S/C16H21N3O/c1-18-11-8-15(9-12-18)19(2)16(20)14-5-3-13(4-6-14)7-10-17/h3-6,15H,7-9,11-12H2,1-2H3. The van der Waals surface area contributed by atoms with Gasteiger partial charge in [-0.2, -0.15) is 5.26 Å². The van der Waals surface area contributed by atoms with Gasteiger partial charge in [0.2, 0.25) is 0 Å². The number of carbonyl (C=O) groups is 1. The van der Waals surface area contributed by atoms with Crippen molar-refractivity contribution in [2.75, 3.05) is 27.2 Å². The third-order valence-corrected chi connectivity index (χ3v) is 4.04. The van der Waals surface area contributed by atoms with Crippen LogP contribution < -0.4 is 0 Å². The predicted molar refractivity (Wildman–Crippen MR) is 78.4 cm³/mol. The Labute approximate surface area is 120 Å². The van der Waals surface area contributed by atoms with Crippen molar-refractivity contribution in [2.24, 2.45) is 0 Å². The monoisotopic (exact) mass is 271 g/mol. The maximum absolute atomic E-state index is 12.4. The molecule has 1 aromatic rings. The van der Waals surface area contributed by atoms with Gasteiger partial charge in [-0.1, -0.05) is 12.1 Å². The molecule has 0 saturated carbocycles. The van der Waals surface area contributed by atoms with Crippen LogP contribution in [0.1, 0.15) is 28.8 Å². The lowest BCUT2D eigenvalue weighted by Gasteiger charge is -2.35. The fourth-order valence-corrected chi connectivity index (χ4v) is 2.61. The average Bonchev–Trinajstić information content (AvgIpc) is 2.48. The molecule has 1 amide bonds. The Morgan fingerprint density at radius 3 is 2.50 bits per heavy atom. The van der Waals surface area contributed by atoms with Crippen LogP contribution in [0, 0.1) is 11.3 Å². The zero-order valence-corrected chi connectivity index (χ0v) is 12.2. The smallest absolute Gasteiger partial charge is 0.253 e. The van der Waals surface area contributed by atoms with Crippen LogP contribution in [0.25, 0.3) is 0 Å². The molecule has 1 aromatic carbocycles. The van der Waals surface area contributed by atoms with E-state index in [1.165, 1.54) is 0 Å². The summed E-state index contributed by atoms with van der Waals surface area (Å²) in [6.45, 7) is 2.09. The van der Waals surface area contributed by atoms with Gasteiger partial charge in [0.05, 0.1) is 12.5 Å². The van der Waals surface area contributed by atoms with Gasteiger partial charge in [0.1, 0.15) is 0 Å². The van der Waals surface area contributed by atoms with Crippen LogP contribution >= 0.6 is 0 Å². The molecule has 0 aromatic heterocycles. The second kappa shape index (κ2) is 6.53. The summed E-state index contributed by atoms with van der Waals surface area (Å²) in [5.41, 5.74) is 1.65. The van der Waals surface area contributed by atoms with E-state index < -0.39 is 0 Å². The van der Waals surface area contributed by atoms with Gasteiger partial charge >= 0.3 is 0 Å². The Balaban J connectivity index is 2.01. The van der Waals surface area contributed by atoms with Crippen molar-refractivity contribution < 1.29 is 4.79 Å². The highest BCUT2D eigenvalue weighted by molar-refractivity contribution is 5.94. The summed E-state index contributed by atoms with van der Waals surface area (Å²) in [6, 6.07) is 9.80. The van der Waals surface area contributed by atoms with E-state index in [1.54, 1.807) is 0 Å². The van der Waals surface area contributed by atoms with E-state index in [2.05, 4.69) is 18.0 Å². The number of benzene rings is 1. The number of hydrogen-bond donors (Lipinski definition) is 0. The molecule has 4 heteroatoms. The lowest BCUT2D eigenvalue weighted by Crippen LogP contribution is -2.44. The highest BCUT2D eigenvalue weighted by atomic mass is 16.2. The Morgan fingerprint density at radius 2 is 1.95 bits per heavy atom. The van der Waals surface area contributed by atoms with Crippen molar-refractivity contribution in [3.05, 3.63) is 35.4 Å². The van der Waals surface area contributed by atoms with E-state index in [-0.39, 0.29) is 5.91 Å². The molecule has 0 unspecified atom stereocenters. The quantitative estimate of drug-likeness (QED) is 0.844. The summed E-state index contributed by atoms with van der Waals surface area (Å²) in [7, 11) is 4.01. The number of piperidine rings is 1. The largest absolute Gasteiger partial charge is 0.339 e. The van der Waals surface area contributed by atoms with Gasteiger partial charge in [-0.05, 0) is 50.7 Å². The minimum atomic E-state index is 0.0723. The second-order valence-corrected chi connectivity index (χ2v) is 5.48. The first-order valence-corrected chi connectivity index (χ1v) is 7.03. The zero-order valence-electron chi connectivity index (χ0n) is 12.2. The lowest BCUT2D eigenvalue weighted by atomic mass is 10.0. The van der Waals surface area contributed by atoms with Gasteiger partial charge in [0.25, 0.3) is 5.91 Å². The van der Waals surface area contributed by atoms with Crippen molar-refractivity contribution in [3.8, 4) is 6.07 Å². The minimum absolute atomic E-state index is 0.0723. The van der Waals surface area contributed by atoms with Crippen molar-refractivity contribution in [1.82, 2.24) is 9.80 Å². The van der Waals surface area contributed by atoms with Crippen LogP contribution in [-0.2, 0) is 6.42 Å². The minimum Gasteiger partial charge on any atom is -0.339 e. The van der Waals surface area contributed by atoms with E-state index in [1.807, 2.05) is 36.2 Å². The molecular weight excluding hydrogens is 250 g/mol. The molecular formula is C16H21N3O. The number of likely N-dealkylation sites (tertiary alicyclic amines) is 1. The molecule has 1 aliphatic rings. The molecule has 0 bridgehead atoms. The highest BCUT2D eigenvalue weighted by Crippen LogP contribution is 2.17. The summed E-state index contributed by atoms with van der Waals surface area (Å²) in [5, 5.41) is 8.65. The van der Waals surface area contributed by atoms with Crippen LogP contribution in [0.2, 0.25) is 0 Å². The van der Waals surface area contributed by atoms with Crippen molar-refractivity contribution >= 4 is 5.91 Å². The predicted octanol–water partition coefficient (Wildman–Crippen LogP) is 1.92. The molecule has 20 heavy (non-hydrogen) atoms. The third-order valence-electron chi connectivity index (χ3n) is 4.04. The van der Waals surface area contributed by atoms with Gasteiger partial charge in [-0.3, -0.25) is 4.79 Å². The SMILES string of the molecule is CN1CCC(N(C)C(=O)c2ccc(CC#N)cc2)CC1. The molecule has 4 nitrogen and oxygen atoms in total. The van der Waals surface area contributed by atoms with E-state index >= 15 is 0 Å². The Hall–Kier alpha value is -1.86. The number of amides is 1. The van der Waals surface area contributed by atoms with E-state index in [4.69, 9.17) is 5.26 Å². The fourth-order valence-electron chi connectivity index (χ4n) is 2.61. The van der Waals surface area contributed by atoms with Crippen LogP contribution in [0.3, 0.4) is 0 Å². The average molecular weight is 271 g/mol. The topological polar surface area (TPSA) is 47.3 Å². The fraction of sp³-hybridized carbons (Fsp3) is 0.500. The van der Waals surface area contributed by atoms with Gasteiger partial charge in [0.15, 0.2) is 0 Å². The maximum Gasteiger partial charge on any atom is 0.253 e. The van der Waals surface area contributed by atoms with E-state index in [9.17, 15) is 4.79 Å². The Kier molecular flexibility index (Phi) is 4.75.